The maximum Gasteiger partial charge on any atom is 0.165 e. The topological polar surface area (TPSA) is 69.2 Å². The quantitative estimate of drug-likeness (QED) is 0.830. The Labute approximate surface area is 127 Å². The zero-order valence-electron chi connectivity index (χ0n) is 11.1. The molecule has 0 radical (unpaired) electrons. The highest BCUT2D eigenvalue weighted by Crippen LogP contribution is 2.22. The van der Waals surface area contributed by atoms with E-state index in [2.05, 4.69) is 5.32 Å². The summed E-state index contributed by atoms with van der Waals surface area (Å²) in [5.41, 5.74) is 0.916. The lowest BCUT2D eigenvalue weighted by molar-refractivity contribution is -0.306. The van der Waals surface area contributed by atoms with E-state index in [0.29, 0.717) is 16.3 Å². The Balaban J connectivity index is 2.12. The second kappa shape index (κ2) is 6.90. The molecular weight excluding hydrogens is 290 g/mol. The molecule has 2 aromatic carbocycles. The maximum atomic E-state index is 12.1. The van der Waals surface area contributed by atoms with Gasteiger partial charge in [-0.05, 0) is 12.1 Å². The number of hydrogen-bond acceptors (Lipinski definition) is 4. The number of nitrogens with one attached hydrogen (secondary N) is 1. The van der Waals surface area contributed by atoms with Crippen molar-refractivity contribution in [3.8, 4) is 0 Å². The van der Waals surface area contributed by atoms with Gasteiger partial charge in [0.15, 0.2) is 5.78 Å². The molecule has 0 unspecified atom stereocenters. The van der Waals surface area contributed by atoms with Crippen molar-refractivity contribution in [2.75, 3.05) is 5.32 Å². The van der Waals surface area contributed by atoms with Gasteiger partial charge in [-0.2, -0.15) is 0 Å². The van der Waals surface area contributed by atoms with E-state index < -0.39 is 12.0 Å². The van der Waals surface area contributed by atoms with Gasteiger partial charge in [0.25, 0.3) is 0 Å². The molecule has 108 valence electrons. The lowest BCUT2D eigenvalue weighted by atomic mass is 10.0. The van der Waals surface area contributed by atoms with Crippen molar-refractivity contribution in [2.45, 2.75) is 12.5 Å². The Morgan fingerprint density at radius 1 is 1.05 bits per heavy atom. The normalized spacial score (nSPS) is 11.7. The van der Waals surface area contributed by atoms with Crippen LogP contribution in [0.15, 0.2) is 54.6 Å². The van der Waals surface area contributed by atoms with E-state index in [1.54, 1.807) is 54.6 Å². The van der Waals surface area contributed by atoms with Crippen LogP contribution in [-0.2, 0) is 4.79 Å². The summed E-state index contributed by atoms with van der Waals surface area (Å²) in [6, 6.07) is 14.1. The highest BCUT2D eigenvalue weighted by molar-refractivity contribution is 6.33. The number of carboxylic acids is 1. The minimum Gasteiger partial charge on any atom is -0.548 e. The summed E-state index contributed by atoms with van der Waals surface area (Å²) < 4.78 is 0. The fourth-order valence-electron chi connectivity index (χ4n) is 1.89. The number of carbonyl (C=O) groups excluding carboxylic acids is 2. The standard InChI is InChI=1S/C16H14ClNO3/c17-12-8-4-5-9-13(12)18-14(16(20)21)10-15(19)11-6-2-1-3-7-11/h1-9,14,18H,10H2,(H,20,21)/p-1/t14-/m1/s1. The van der Waals surface area contributed by atoms with Crippen LogP contribution in [0.5, 0.6) is 0 Å². The first-order valence-electron chi connectivity index (χ1n) is 6.38. The zero-order chi connectivity index (χ0) is 15.2. The van der Waals surface area contributed by atoms with E-state index in [4.69, 9.17) is 11.6 Å². The Morgan fingerprint density at radius 3 is 2.29 bits per heavy atom. The number of aliphatic carboxylic acids is 1. The molecule has 4 nitrogen and oxygen atoms in total. The lowest BCUT2D eigenvalue weighted by Crippen LogP contribution is -2.42. The largest absolute Gasteiger partial charge is 0.548 e. The average Bonchev–Trinajstić information content (AvgIpc) is 2.49. The first kappa shape index (κ1) is 15.1. The number of para-hydroxylation sites is 1. The molecular formula is C16H13ClNO3-. The van der Waals surface area contributed by atoms with Gasteiger partial charge in [0.2, 0.25) is 0 Å². The van der Waals surface area contributed by atoms with Gasteiger partial charge in [0.1, 0.15) is 0 Å². The third-order valence-corrected chi connectivity index (χ3v) is 3.30. The summed E-state index contributed by atoms with van der Waals surface area (Å²) in [4.78, 5) is 23.3. The second-order valence-corrected chi connectivity index (χ2v) is 4.90. The van der Waals surface area contributed by atoms with Crippen LogP contribution in [0, 0.1) is 0 Å². The van der Waals surface area contributed by atoms with E-state index in [1.807, 2.05) is 0 Å². The Hall–Kier alpha value is -2.33. The molecule has 0 aliphatic rings. The maximum absolute atomic E-state index is 12.1. The number of benzene rings is 2. The van der Waals surface area contributed by atoms with Gasteiger partial charge in [-0.15, -0.1) is 0 Å². The molecule has 0 aliphatic carbocycles. The van der Waals surface area contributed by atoms with Gasteiger partial charge >= 0.3 is 0 Å². The fourth-order valence-corrected chi connectivity index (χ4v) is 2.08. The second-order valence-electron chi connectivity index (χ2n) is 4.49. The van der Waals surface area contributed by atoms with Gasteiger partial charge in [-0.3, -0.25) is 4.79 Å². The Bertz CT molecular complexity index is 643. The smallest absolute Gasteiger partial charge is 0.165 e. The molecule has 0 bridgehead atoms. The molecule has 0 heterocycles. The average molecular weight is 303 g/mol. The molecule has 5 heteroatoms. The number of carboxylic acid groups (broad SMARTS) is 1. The number of carbonyl (C=O) groups is 2. The summed E-state index contributed by atoms with van der Waals surface area (Å²) in [5.74, 6) is -1.62. The first-order valence-corrected chi connectivity index (χ1v) is 6.76. The summed E-state index contributed by atoms with van der Waals surface area (Å²) in [5, 5.41) is 14.3. The molecule has 0 saturated carbocycles. The van der Waals surface area contributed by atoms with Crippen molar-refractivity contribution in [1.29, 1.82) is 0 Å². The van der Waals surface area contributed by atoms with E-state index in [1.165, 1.54) is 0 Å². The molecule has 0 aliphatic heterocycles. The van der Waals surface area contributed by atoms with Crippen LogP contribution in [0.1, 0.15) is 16.8 Å². The van der Waals surface area contributed by atoms with Gasteiger partial charge < -0.3 is 15.2 Å². The molecule has 0 aromatic heterocycles. The van der Waals surface area contributed by atoms with Crippen LogP contribution in [0.4, 0.5) is 5.69 Å². The molecule has 0 saturated heterocycles. The molecule has 2 rings (SSSR count). The molecule has 0 fully saturated rings. The highest BCUT2D eigenvalue weighted by atomic mass is 35.5. The van der Waals surface area contributed by atoms with Crippen LogP contribution in [0.2, 0.25) is 5.02 Å². The molecule has 0 spiro atoms. The number of halogens is 1. The van der Waals surface area contributed by atoms with Crippen molar-refractivity contribution in [3.63, 3.8) is 0 Å². The van der Waals surface area contributed by atoms with E-state index >= 15 is 0 Å². The van der Waals surface area contributed by atoms with Crippen molar-refractivity contribution in [3.05, 3.63) is 65.2 Å². The minimum absolute atomic E-state index is 0.211. The van der Waals surface area contributed by atoms with Gasteiger partial charge in [-0.1, -0.05) is 54.1 Å². The molecule has 1 atom stereocenters. The minimum atomic E-state index is -1.35. The van der Waals surface area contributed by atoms with E-state index in [9.17, 15) is 14.7 Å². The summed E-state index contributed by atoms with van der Waals surface area (Å²) in [7, 11) is 0. The summed E-state index contributed by atoms with van der Waals surface area (Å²) in [6.07, 6.45) is -0.211. The number of ketones is 1. The van der Waals surface area contributed by atoms with E-state index in [-0.39, 0.29) is 12.2 Å². The first-order chi connectivity index (χ1) is 10.1. The summed E-state index contributed by atoms with van der Waals surface area (Å²) in [6.45, 7) is 0. The van der Waals surface area contributed by atoms with Crippen LogP contribution >= 0.6 is 11.6 Å². The predicted molar refractivity (Wildman–Crippen MR) is 79.3 cm³/mol. The number of hydrogen-bond donors (Lipinski definition) is 1. The van der Waals surface area contributed by atoms with Gasteiger partial charge in [0.05, 0.1) is 22.7 Å². The third kappa shape index (κ3) is 4.07. The van der Waals surface area contributed by atoms with Crippen molar-refractivity contribution >= 4 is 29.0 Å². The zero-order valence-corrected chi connectivity index (χ0v) is 11.8. The monoisotopic (exact) mass is 302 g/mol. The number of anilines is 1. The highest BCUT2D eigenvalue weighted by Gasteiger charge is 2.17. The predicted octanol–water partition coefficient (Wildman–Crippen LogP) is 2.14. The third-order valence-electron chi connectivity index (χ3n) is 2.97. The Morgan fingerprint density at radius 2 is 1.67 bits per heavy atom. The fraction of sp³-hybridized carbons (Fsp3) is 0.125. The molecule has 2 aromatic rings. The van der Waals surface area contributed by atoms with Crippen LogP contribution in [0.3, 0.4) is 0 Å². The molecule has 0 amide bonds. The van der Waals surface area contributed by atoms with Crippen molar-refractivity contribution < 1.29 is 14.7 Å². The molecule has 21 heavy (non-hydrogen) atoms. The van der Waals surface area contributed by atoms with Crippen LogP contribution < -0.4 is 10.4 Å². The number of Topliss-reactive ketones (excluding diaryl/α,β-unsaturated/α-hetero) is 1. The van der Waals surface area contributed by atoms with Crippen molar-refractivity contribution in [1.82, 2.24) is 0 Å². The lowest BCUT2D eigenvalue weighted by Gasteiger charge is -2.21. The van der Waals surface area contributed by atoms with Gasteiger partial charge in [0, 0.05) is 12.0 Å². The number of rotatable bonds is 6. The van der Waals surface area contributed by atoms with Crippen LogP contribution in [0.25, 0.3) is 0 Å². The summed E-state index contributed by atoms with van der Waals surface area (Å²) >= 11 is 5.97. The van der Waals surface area contributed by atoms with Crippen molar-refractivity contribution in [2.24, 2.45) is 0 Å². The van der Waals surface area contributed by atoms with Gasteiger partial charge in [-0.25, -0.2) is 0 Å². The Kier molecular flexibility index (Phi) is 4.95. The van der Waals surface area contributed by atoms with E-state index in [0.717, 1.165) is 0 Å². The molecule has 1 N–H and O–H groups in total. The van der Waals surface area contributed by atoms with Crippen LogP contribution in [-0.4, -0.2) is 17.8 Å². The SMILES string of the molecule is O=C(C[C@@H](Nc1ccccc1Cl)C(=O)[O-])c1ccccc1.